The van der Waals surface area contributed by atoms with Gasteiger partial charge in [0.15, 0.2) is 0 Å². The Hall–Kier alpha value is 0.0900. The van der Waals surface area contributed by atoms with Crippen molar-refractivity contribution in [2.45, 2.75) is 29.9 Å². The maximum Gasteiger partial charge on any atom is 0.149 e. The molecule has 0 spiro atoms. The Morgan fingerprint density at radius 3 is 2.42 bits per heavy atom. The maximum absolute atomic E-state index is 9.27. The third-order valence-corrected chi connectivity index (χ3v) is 2.31. The van der Waals surface area contributed by atoms with Gasteiger partial charge in [-0.2, -0.15) is 0 Å². The number of rotatable bonds is 1. The minimum absolute atomic E-state index is 0.395. The van der Waals surface area contributed by atoms with Crippen molar-refractivity contribution < 1.29 is 20.1 Å². The molecule has 0 amide bonds. The zero-order valence-electron chi connectivity index (χ0n) is 6.30. The predicted octanol–water partition coefficient (Wildman–Crippen LogP) is -2.01. The molecule has 1 rings (SSSR count). The largest absolute Gasteiger partial charge is 0.394 e. The molecule has 0 aromatic heterocycles. The Morgan fingerprint density at radius 1 is 1.33 bits per heavy atom. The third kappa shape index (κ3) is 1.71. The second-order valence-electron chi connectivity index (χ2n) is 2.77. The number of halogens is 1. The van der Waals surface area contributed by atoms with E-state index < -0.39 is 36.5 Å². The van der Waals surface area contributed by atoms with Crippen LogP contribution in [0.5, 0.6) is 0 Å². The standard InChI is InChI=1S/C6H12ClNO4/c7-6-3(8)5(11)4(10)2(1-9)12-6/h2-6,9-11H,1,8H2/t2-,3-,4-,5-,6-/m1/s1. The van der Waals surface area contributed by atoms with E-state index in [-0.39, 0.29) is 0 Å². The summed E-state index contributed by atoms with van der Waals surface area (Å²) in [6, 6.07) is -0.829. The van der Waals surface area contributed by atoms with Crippen LogP contribution in [0.2, 0.25) is 0 Å². The van der Waals surface area contributed by atoms with Gasteiger partial charge in [0.2, 0.25) is 0 Å². The molecule has 0 unspecified atom stereocenters. The molecule has 0 saturated carbocycles. The van der Waals surface area contributed by atoms with Crippen molar-refractivity contribution in [3.05, 3.63) is 0 Å². The van der Waals surface area contributed by atoms with Crippen LogP contribution >= 0.6 is 11.6 Å². The SMILES string of the molecule is N[C@@H]1[C@@H](O)[C@H](O)[C@@H](CO)O[C@H]1Cl. The van der Waals surface area contributed by atoms with Crippen LogP contribution < -0.4 is 5.73 Å². The predicted molar refractivity (Wildman–Crippen MR) is 41.6 cm³/mol. The van der Waals surface area contributed by atoms with Crippen molar-refractivity contribution in [3.63, 3.8) is 0 Å². The van der Waals surface area contributed by atoms with Gasteiger partial charge in [-0.1, -0.05) is 11.6 Å². The summed E-state index contributed by atoms with van der Waals surface area (Å²) in [5.41, 5.74) is 4.51. The maximum atomic E-state index is 9.27. The Kier molecular flexibility index (Phi) is 3.28. The van der Waals surface area contributed by atoms with Gasteiger partial charge in [0, 0.05) is 0 Å². The summed E-state index contributed by atoms with van der Waals surface area (Å²) in [5.74, 6) is 0. The van der Waals surface area contributed by atoms with Crippen LogP contribution in [0, 0.1) is 0 Å². The molecule has 6 heteroatoms. The number of alkyl halides is 1. The lowest BCUT2D eigenvalue weighted by atomic mass is 9.99. The quantitative estimate of drug-likeness (QED) is 0.365. The van der Waals surface area contributed by atoms with Gasteiger partial charge in [-0.15, -0.1) is 0 Å². The third-order valence-electron chi connectivity index (χ3n) is 1.91. The number of hydrogen-bond donors (Lipinski definition) is 4. The summed E-state index contributed by atoms with van der Waals surface area (Å²) in [7, 11) is 0. The van der Waals surface area contributed by atoms with Crippen molar-refractivity contribution in [1.29, 1.82) is 0 Å². The van der Waals surface area contributed by atoms with E-state index in [1.165, 1.54) is 0 Å². The summed E-state index contributed by atoms with van der Waals surface area (Å²) in [6.45, 7) is -0.395. The van der Waals surface area contributed by atoms with Crippen molar-refractivity contribution in [2.75, 3.05) is 6.61 Å². The van der Waals surface area contributed by atoms with E-state index in [2.05, 4.69) is 0 Å². The topological polar surface area (TPSA) is 95.9 Å². The Morgan fingerprint density at radius 2 is 1.92 bits per heavy atom. The fourth-order valence-electron chi connectivity index (χ4n) is 1.09. The minimum atomic E-state index is -1.18. The monoisotopic (exact) mass is 197 g/mol. The number of hydrogen-bond acceptors (Lipinski definition) is 5. The molecule has 0 aromatic rings. The van der Waals surface area contributed by atoms with Crippen LogP contribution in [0.1, 0.15) is 0 Å². The van der Waals surface area contributed by atoms with Gasteiger partial charge in [0.05, 0.1) is 12.6 Å². The highest BCUT2D eigenvalue weighted by molar-refractivity contribution is 6.20. The Labute approximate surface area is 74.7 Å². The lowest BCUT2D eigenvalue weighted by Gasteiger charge is -2.38. The fraction of sp³-hybridized carbons (Fsp3) is 1.00. The van der Waals surface area contributed by atoms with Gasteiger partial charge >= 0.3 is 0 Å². The summed E-state index contributed by atoms with van der Waals surface area (Å²) < 4.78 is 4.91. The molecule has 1 saturated heterocycles. The second-order valence-corrected chi connectivity index (χ2v) is 3.20. The van der Waals surface area contributed by atoms with Crippen LogP contribution in [0.4, 0.5) is 0 Å². The first-order valence-electron chi connectivity index (χ1n) is 3.60. The molecule has 5 atom stereocenters. The van der Waals surface area contributed by atoms with Gasteiger partial charge in [0.1, 0.15) is 23.9 Å². The van der Waals surface area contributed by atoms with E-state index >= 15 is 0 Å². The van der Waals surface area contributed by atoms with Gasteiger partial charge in [-0.3, -0.25) is 0 Å². The zero-order valence-corrected chi connectivity index (χ0v) is 7.05. The van der Waals surface area contributed by atoms with Crippen LogP contribution in [0.3, 0.4) is 0 Å². The number of aliphatic hydroxyl groups excluding tert-OH is 3. The van der Waals surface area contributed by atoms with Gasteiger partial charge in [-0.25, -0.2) is 0 Å². The van der Waals surface area contributed by atoms with Gasteiger partial charge in [-0.05, 0) is 0 Å². The van der Waals surface area contributed by atoms with Crippen LogP contribution in [-0.4, -0.2) is 51.8 Å². The summed E-state index contributed by atoms with van der Waals surface area (Å²) in [4.78, 5) is 0. The highest BCUT2D eigenvalue weighted by Gasteiger charge is 2.41. The van der Waals surface area contributed by atoms with Crippen LogP contribution in [0.25, 0.3) is 0 Å². The molecular weight excluding hydrogens is 186 g/mol. The lowest BCUT2D eigenvalue weighted by molar-refractivity contribution is -0.167. The second kappa shape index (κ2) is 3.87. The molecule has 0 aromatic carbocycles. The highest BCUT2D eigenvalue weighted by atomic mass is 35.5. The molecule has 1 fully saturated rings. The molecule has 1 heterocycles. The summed E-state index contributed by atoms with van der Waals surface area (Å²) in [5, 5.41) is 27.2. The van der Waals surface area contributed by atoms with E-state index in [0.717, 1.165) is 0 Å². The first-order chi connectivity index (χ1) is 5.57. The average molecular weight is 198 g/mol. The molecule has 1 aliphatic rings. The minimum Gasteiger partial charge on any atom is -0.394 e. The molecular formula is C6H12ClNO4. The smallest absolute Gasteiger partial charge is 0.149 e. The number of aliphatic hydroxyl groups is 3. The van der Waals surface area contributed by atoms with Crippen LogP contribution in [0.15, 0.2) is 0 Å². The molecule has 5 nitrogen and oxygen atoms in total. The highest BCUT2D eigenvalue weighted by Crippen LogP contribution is 2.21. The molecule has 72 valence electrons. The molecule has 0 aliphatic carbocycles. The number of ether oxygens (including phenoxy) is 1. The zero-order chi connectivity index (χ0) is 9.30. The summed E-state index contributed by atoms with van der Waals surface area (Å²) in [6.07, 6.45) is -3.19. The van der Waals surface area contributed by atoms with Gasteiger partial charge in [0.25, 0.3) is 0 Å². The average Bonchev–Trinajstić information content (AvgIpc) is 2.08. The van der Waals surface area contributed by atoms with Gasteiger partial charge < -0.3 is 25.8 Å². The van der Waals surface area contributed by atoms with E-state index in [0.29, 0.717) is 0 Å². The Balaban J connectivity index is 2.63. The van der Waals surface area contributed by atoms with Crippen molar-refractivity contribution in [2.24, 2.45) is 5.73 Å². The molecule has 0 radical (unpaired) electrons. The van der Waals surface area contributed by atoms with E-state index in [9.17, 15) is 10.2 Å². The molecule has 0 bridgehead atoms. The van der Waals surface area contributed by atoms with E-state index in [1.807, 2.05) is 0 Å². The van der Waals surface area contributed by atoms with Crippen molar-refractivity contribution in [3.8, 4) is 0 Å². The first kappa shape index (κ1) is 10.2. The molecule has 1 aliphatic heterocycles. The summed E-state index contributed by atoms with van der Waals surface area (Å²) >= 11 is 5.57. The molecule has 12 heavy (non-hydrogen) atoms. The van der Waals surface area contributed by atoms with E-state index in [1.54, 1.807) is 0 Å². The van der Waals surface area contributed by atoms with Crippen molar-refractivity contribution in [1.82, 2.24) is 0 Å². The first-order valence-corrected chi connectivity index (χ1v) is 4.03. The van der Waals surface area contributed by atoms with Crippen LogP contribution in [-0.2, 0) is 4.74 Å². The number of nitrogens with two attached hydrogens (primary N) is 1. The molecule has 5 N–H and O–H groups in total. The van der Waals surface area contributed by atoms with Crippen molar-refractivity contribution >= 4 is 11.6 Å². The Bertz CT molecular complexity index is 154. The fourth-order valence-corrected chi connectivity index (χ4v) is 1.37. The normalized spacial score (nSPS) is 49.2. The van der Waals surface area contributed by atoms with E-state index in [4.69, 9.17) is 27.2 Å². The lowest BCUT2D eigenvalue weighted by Crippen LogP contribution is -2.60.